The molecule has 0 aromatic heterocycles. The maximum absolute atomic E-state index is 12.9. The lowest BCUT2D eigenvalue weighted by atomic mass is 9.91. The Labute approximate surface area is 171 Å². The van der Waals surface area contributed by atoms with E-state index in [0.717, 1.165) is 55.5 Å². The first-order valence-corrected chi connectivity index (χ1v) is 10.7. The molecule has 2 aromatic rings. The summed E-state index contributed by atoms with van der Waals surface area (Å²) in [6.07, 6.45) is 6.12. The summed E-state index contributed by atoms with van der Waals surface area (Å²) in [5.74, 6) is 0.110. The number of anilines is 1. The molecule has 5 nitrogen and oxygen atoms in total. The van der Waals surface area contributed by atoms with E-state index >= 15 is 0 Å². The molecule has 2 aliphatic carbocycles. The van der Waals surface area contributed by atoms with Gasteiger partial charge in [0.25, 0.3) is 5.91 Å². The van der Waals surface area contributed by atoms with Crippen LogP contribution in [0.5, 0.6) is 0 Å². The molecule has 3 amide bonds. The van der Waals surface area contributed by atoms with E-state index in [1.165, 1.54) is 17.5 Å². The summed E-state index contributed by atoms with van der Waals surface area (Å²) in [6.45, 7) is 0.728. The Bertz CT molecular complexity index is 966. The minimum atomic E-state index is -0.0299. The van der Waals surface area contributed by atoms with Gasteiger partial charge in [-0.2, -0.15) is 0 Å². The third-order valence-corrected chi connectivity index (χ3v) is 6.84. The molecule has 0 spiro atoms. The Morgan fingerprint density at radius 3 is 2.66 bits per heavy atom. The first-order chi connectivity index (χ1) is 14.1. The minimum absolute atomic E-state index is 0.0128. The van der Waals surface area contributed by atoms with Gasteiger partial charge in [-0.15, -0.1) is 0 Å². The van der Waals surface area contributed by atoms with Gasteiger partial charge in [-0.05, 0) is 73.4 Å². The van der Waals surface area contributed by atoms with Gasteiger partial charge in [0, 0.05) is 30.9 Å². The summed E-state index contributed by atoms with van der Waals surface area (Å²) >= 11 is 0. The molecule has 2 aromatic carbocycles. The van der Waals surface area contributed by atoms with Crippen molar-refractivity contribution in [2.75, 3.05) is 18.5 Å². The van der Waals surface area contributed by atoms with Gasteiger partial charge in [0.15, 0.2) is 0 Å². The second-order valence-corrected chi connectivity index (χ2v) is 8.49. The smallest absolute Gasteiger partial charge is 0.322 e. The van der Waals surface area contributed by atoms with Crippen molar-refractivity contribution >= 4 is 17.6 Å². The third kappa shape index (κ3) is 3.18. The van der Waals surface area contributed by atoms with Gasteiger partial charge < -0.3 is 10.2 Å². The van der Waals surface area contributed by atoms with Crippen LogP contribution in [0.25, 0.3) is 0 Å². The highest BCUT2D eigenvalue weighted by Gasteiger charge is 2.31. The average Bonchev–Trinajstić information content (AvgIpc) is 3.30. The van der Waals surface area contributed by atoms with Crippen LogP contribution < -0.4 is 10.2 Å². The summed E-state index contributed by atoms with van der Waals surface area (Å²) < 4.78 is 0. The van der Waals surface area contributed by atoms with E-state index in [2.05, 4.69) is 11.4 Å². The van der Waals surface area contributed by atoms with Crippen LogP contribution in [0.3, 0.4) is 0 Å². The number of benzene rings is 2. The molecule has 150 valence electrons. The Balaban J connectivity index is 1.29. The summed E-state index contributed by atoms with van der Waals surface area (Å²) in [5, 5.41) is 3.22. The monoisotopic (exact) mass is 389 g/mol. The molecule has 1 heterocycles. The summed E-state index contributed by atoms with van der Waals surface area (Å²) in [5.41, 5.74) is 5.34. The fourth-order valence-corrected chi connectivity index (χ4v) is 4.82. The van der Waals surface area contributed by atoms with Crippen molar-refractivity contribution in [3.05, 3.63) is 64.7 Å². The van der Waals surface area contributed by atoms with Crippen LogP contribution in [0.1, 0.15) is 58.8 Å². The number of nitrogens with one attached hydrogen (secondary N) is 1. The summed E-state index contributed by atoms with van der Waals surface area (Å²) in [7, 11) is 1.91. The Morgan fingerprint density at radius 2 is 1.86 bits per heavy atom. The zero-order valence-electron chi connectivity index (χ0n) is 16.9. The predicted octanol–water partition coefficient (Wildman–Crippen LogP) is 4.07. The van der Waals surface area contributed by atoms with Gasteiger partial charge in [-0.3, -0.25) is 9.69 Å². The zero-order valence-corrected chi connectivity index (χ0v) is 16.9. The predicted molar refractivity (Wildman–Crippen MR) is 113 cm³/mol. The molecule has 1 unspecified atom stereocenters. The molecule has 5 rings (SSSR count). The van der Waals surface area contributed by atoms with E-state index in [1.807, 2.05) is 53.2 Å². The van der Waals surface area contributed by atoms with Crippen molar-refractivity contribution in [2.24, 2.45) is 0 Å². The van der Waals surface area contributed by atoms with E-state index in [1.54, 1.807) is 0 Å². The highest BCUT2D eigenvalue weighted by atomic mass is 16.2. The van der Waals surface area contributed by atoms with Gasteiger partial charge in [0.2, 0.25) is 0 Å². The van der Waals surface area contributed by atoms with Crippen LogP contribution in [0.15, 0.2) is 42.5 Å². The number of para-hydroxylation sites is 1. The van der Waals surface area contributed by atoms with E-state index in [-0.39, 0.29) is 18.0 Å². The maximum Gasteiger partial charge on any atom is 0.322 e. The number of nitrogens with zero attached hydrogens (tertiary/aromatic N) is 2. The maximum atomic E-state index is 12.9. The Hall–Kier alpha value is -2.82. The topological polar surface area (TPSA) is 52.7 Å². The summed E-state index contributed by atoms with van der Waals surface area (Å²) in [4.78, 5) is 29.4. The number of carbonyl (C=O) groups is 2. The lowest BCUT2D eigenvalue weighted by molar-refractivity contribution is 0.0652. The Morgan fingerprint density at radius 1 is 1.03 bits per heavy atom. The molecule has 1 atom stereocenters. The number of carbonyl (C=O) groups excluding carboxylic acids is 2. The molecular weight excluding hydrogens is 362 g/mol. The number of rotatable bonds is 3. The first kappa shape index (κ1) is 18.2. The fraction of sp³-hybridized carbons (Fsp3) is 0.417. The number of amides is 3. The summed E-state index contributed by atoms with van der Waals surface area (Å²) in [6, 6.07) is 14.5. The van der Waals surface area contributed by atoms with Gasteiger partial charge in [0.05, 0.1) is 6.04 Å². The highest BCUT2D eigenvalue weighted by Crippen LogP contribution is 2.34. The van der Waals surface area contributed by atoms with Gasteiger partial charge in [0.1, 0.15) is 0 Å². The normalized spacial score (nSPS) is 20.0. The zero-order chi connectivity index (χ0) is 20.0. The van der Waals surface area contributed by atoms with Crippen LogP contribution in [0.2, 0.25) is 0 Å². The standard InChI is InChI=1S/C24H27N3O2/c1-26(19-6-4-7-19)23(28)18-9-11-20-17(15-18)10-12-21(20)25-24(29)27-14-13-16-5-2-3-8-22(16)27/h2-3,5,8-9,11,15,19,21H,4,6-7,10,12-14H2,1H3,(H,25,29). The quantitative estimate of drug-likeness (QED) is 0.860. The lowest BCUT2D eigenvalue weighted by Gasteiger charge is -2.34. The molecule has 0 saturated heterocycles. The van der Waals surface area contributed by atoms with Crippen molar-refractivity contribution in [1.29, 1.82) is 0 Å². The molecular formula is C24H27N3O2. The van der Waals surface area contributed by atoms with Gasteiger partial charge in [-0.25, -0.2) is 4.79 Å². The molecule has 1 saturated carbocycles. The second kappa shape index (κ2) is 7.21. The molecule has 1 fully saturated rings. The lowest BCUT2D eigenvalue weighted by Crippen LogP contribution is -2.41. The first-order valence-electron chi connectivity index (χ1n) is 10.7. The molecule has 0 radical (unpaired) electrons. The van der Waals surface area contributed by atoms with Gasteiger partial charge >= 0.3 is 6.03 Å². The number of aryl methyl sites for hydroxylation is 1. The van der Waals surface area contributed by atoms with Crippen LogP contribution in [0.4, 0.5) is 10.5 Å². The molecule has 1 N–H and O–H groups in total. The van der Waals surface area contributed by atoms with E-state index < -0.39 is 0 Å². The van der Waals surface area contributed by atoms with Crippen LogP contribution in [0, 0.1) is 0 Å². The SMILES string of the molecule is CN(C(=O)c1ccc2c(c1)CCC2NC(=O)N1CCc2ccccc21)C1CCC1. The van der Waals surface area contributed by atoms with E-state index in [9.17, 15) is 9.59 Å². The average molecular weight is 389 g/mol. The third-order valence-electron chi connectivity index (χ3n) is 6.84. The molecule has 3 aliphatic rings. The highest BCUT2D eigenvalue weighted by molar-refractivity contribution is 5.95. The van der Waals surface area contributed by atoms with E-state index in [0.29, 0.717) is 6.04 Å². The minimum Gasteiger partial charge on any atom is -0.339 e. The number of hydrogen-bond donors (Lipinski definition) is 1. The molecule has 0 bridgehead atoms. The number of fused-ring (bicyclic) bond motifs is 2. The van der Waals surface area contributed by atoms with E-state index in [4.69, 9.17) is 0 Å². The van der Waals surface area contributed by atoms with Crippen LogP contribution in [-0.2, 0) is 12.8 Å². The van der Waals surface area contributed by atoms with Crippen molar-refractivity contribution in [1.82, 2.24) is 10.2 Å². The molecule has 5 heteroatoms. The Kier molecular flexibility index (Phi) is 4.53. The molecule has 29 heavy (non-hydrogen) atoms. The number of urea groups is 1. The van der Waals surface area contributed by atoms with Crippen LogP contribution in [-0.4, -0.2) is 36.5 Å². The fourth-order valence-electron chi connectivity index (χ4n) is 4.82. The largest absolute Gasteiger partial charge is 0.339 e. The van der Waals surface area contributed by atoms with Crippen molar-refractivity contribution in [3.63, 3.8) is 0 Å². The number of hydrogen-bond acceptors (Lipinski definition) is 2. The molecule has 1 aliphatic heterocycles. The van der Waals surface area contributed by atoms with Crippen molar-refractivity contribution in [2.45, 2.75) is 50.6 Å². The second-order valence-electron chi connectivity index (χ2n) is 8.49. The van der Waals surface area contributed by atoms with Crippen LogP contribution >= 0.6 is 0 Å². The van der Waals surface area contributed by atoms with Crippen molar-refractivity contribution in [3.8, 4) is 0 Å². The van der Waals surface area contributed by atoms with Gasteiger partial charge in [-0.1, -0.05) is 24.3 Å². The van der Waals surface area contributed by atoms with Crippen molar-refractivity contribution < 1.29 is 9.59 Å².